The zero-order valence-electron chi connectivity index (χ0n) is 8.12. The van der Waals surface area contributed by atoms with Crippen molar-refractivity contribution in [3.05, 3.63) is 30.3 Å². The van der Waals surface area contributed by atoms with E-state index in [-0.39, 0.29) is 6.03 Å². The number of carbonyl (C=O) groups excluding carboxylic acids is 1. The van der Waals surface area contributed by atoms with Gasteiger partial charge in [-0.05, 0) is 18.4 Å². The van der Waals surface area contributed by atoms with Crippen LogP contribution < -0.4 is 10.6 Å². The summed E-state index contributed by atoms with van der Waals surface area (Å²) in [4.78, 5) is 11.3. The zero-order chi connectivity index (χ0) is 10.2. The summed E-state index contributed by atoms with van der Waals surface area (Å²) in [5, 5.41) is 5.50. The third-order valence-corrected chi connectivity index (χ3v) is 2.24. The molecule has 0 saturated heterocycles. The number of rotatable bonds is 4. The molecule has 0 bridgehead atoms. The first kappa shape index (κ1) is 10.9. The van der Waals surface area contributed by atoms with Gasteiger partial charge in [-0.2, -0.15) is 11.8 Å². The largest absolute Gasteiger partial charge is 0.337 e. The molecule has 0 saturated carbocycles. The molecule has 2 N–H and O–H groups in total. The molecule has 0 fully saturated rings. The molecular weight excluding hydrogens is 196 g/mol. The van der Waals surface area contributed by atoms with Gasteiger partial charge >= 0.3 is 6.03 Å². The van der Waals surface area contributed by atoms with Crippen molar-refractivity contribution in [2.45, 2.75) is 0 Å². The van der Waals surface area contributed by atoms with E-state index < -0.39 is 0 Å². The fourth-order valence-corrected chi connectivity index (χ4v) is 1.27. The molecule has 76 valence electrons. The molecule has 4 heteroatoms. The van der Waals surface area contributed by atoms with Crippen LogP contribution in [0.2, 0.25) is 0 Å². The van der Waals surface area contributed by atoms with Gasteiger partial charge in [0, 0.05) is 18.0 Å². The number of urea groups is 1. The lowest BCUT2D eigenvalue weighted by Crippen LogP contribution is -2.30. The number of hydrogen-bond donors (Lipinski definition) is 2. The van der Waals surface area contributed by atoms with Crippen LogP contribution in [0.5, 0.6) is 0 Å². The molecule has 1 rings (SSSR count). The standard InChI is InChI=1S/C10H14N2OS/c1-14-8-7-11-10(13)12-9-5-3-2-4-6-9/h2-6H,7-8H2,1H3,(H2,11,12,13). The summed E-state index contributed by atoms with van der Waals surface area (Å²) in [5.41, 5.74) is 0.814. The molecule has 0 unspecified atom stereocenters. The highest BCUT2D eigenvalue weighted by molar-refractivity contribution is 7.98. The number of nitrogens with one attached hydrogen (secondary N) is 2. The fourth-order valence-electron chi connectivity index (χ4n) is 0.963. The third kappa shape index (κ3) is 4.18. The van der Waals surface area contributed by atoms with E-state index in [0.29, 0.717) is 6.54 Å². The van der Waals surface area contributed by atoms with Gasteiger partial charge in [0.1, 0.15) is 0 Å². The topological polar surface area (TPSA) is 41.1 Å². The Morgan fingerprint density at radius 1 is 1.36 bits per heavy atom. The Labute approximate surface area is 88.3 Å². The monoisotopic (exact) mass is 210 g/mol. The molecule has 0 aliphatic rings. The van der Waals surface area contributed by atoms with E-state index in [2.05, 4.69) is 10.6 Å². The van der Waals surface area contributed by atoms with Gasteiger partial charge in [0.05, 0.1) is 0 Å². The molecule has 1 aromatic rings. The van der Waals surface area contributed by atoms with E-state index >= 15 is 0 Å². The maximum atomic E-state index is 11.3. The summed E-state index contributed by atoms with van der Waals surface area (Å²) >= 11 is 1.71. The summed E-state index contributed by atoms with van der Waals surface area (Å²) in [7, 11) is 0. The van der Waals surface area contributed by atoms with E-state index in [1.54, 1.807) is 11.8 Å². The van der Waals surface area contributed by atoms with Crippen LogP contribution in [0.15, 0.2) is 30.3 Å². The van der Waals surface area contributed by atoms with E-state index in [9.17, 15) is 4.79 Å². The molecule has 3 nitrogen and oxygen atoms in total. The predicted octanol–water partition coefficient (Wildman–Crippen LogP) is 2.17. The van der Waals surface area contributed by atoms with Crippen LogP contribution in [0, 0.1) is 0 Å². The zero-order valence-corrected chi connectivity index (χ0v) is 8.93. The summed E-state index contributed by atoms with van der Waals surface area (Å²) in [5.74, 6) is 0.933. The highest BCUT2D eigenvalue weighted by Gasteiger charge is 1.98. The van der Waals surface area contributed by atoms with Crippen molar-refractivity contribution in [2.75, 3.05) is 23.9 Å². The molecule has 0 heterocycles. The molecule has 14 heavy (non-hydrogen) atoms. The minimum Gasteiger partial charge on any atom is -0.337 e. The second-order valence-corrected chi connectivity index (χ2v) is 3.73. The first-order chi connectivity index (χ1) is 6.83. The smallest absolute Gasteiger partial charge is 0.319 e. The van der Waals surface area contributed by atoms with Gasteiger partial charge in [0.25, 0.3) is 0 Å². The average molecular weight is 210 g/mol. The Bertz CT molecular complexity index is 277. The maximum absolute atomic E-state index is 11.3. The molecule has 0 radical (unpaired) electrons. The molecular formula is C10H14N2OS. The maximum Gasteiger partial charge on any atom is 0.319 e. The molecule has 0 aromatic heterocycles. The van der Waals surface area contributed by atoms with Crippen LogP contribution in [0.25, 0.3) is 0 Å². The Hall–Kier alpha value is -1.16. The predicted molar refractivity (Wildman–Crippen MR) is 61.8 cm³/mol. The van der Waals surface area contributed by atoms with Crippen molar-refractivity contribution < 1.29 is 4.79 Å². The van der Waals surface area contributed by atoms with Gasteiger partial charge in [-0.15, -0.1) is 0 Å². The van der Waals surface area contributed by atoms with E-state index in [4.69, 9.17) is 0 Å². The van der Waals surface area contributed by atoms with Crippen LogP contribution in [0.3, 0.4) is 0 Å². The number of para-hydroxylation sites is 1. The van der Waals surface area contributed by atoms with E-state index in [1.165, 1.54) is 0 Å². The lowest BCUT2D eigenvalue weighted by atomic mass is 10.3. The van der Waals surface area contributed by atoms with Crippen molar-refractivity contribution in [3.8, 4) is 0 Å². The van der Waals surface area contributed by atoms with Crippen LogP contribution in [0.1, 0.15) is 0 Å². The number of amides is 2. The van der Waals surface area contributed by atoms with Crippen molar-refractivity contribution >= 4 is 23.5 Å². The van der Waals surface area contributed by atoms with Crippen molar-refractivity contribution in [1.29, 1.82) is 0 Å². The number of thioether (sulfide) groups is 1. The van der Waals surface area contributed by atoms with Gasteiger partial charge in [0.2, 0.25) is 0 Å². The summed E-state index contributed by atoms with van der Waals surface area (Å²) in [6, 6.07) is 9.25. The normalized spacial score (nSPS) is 9.50. The number of anilines is 1. The number of hydrogen-bond acceptors (Lipinski definition) is 2. The first-order valence-electron chi connectivity index (χ1n) is 4.42. The van der Waals surface area contributed by atoms with E-state index in [1.807, 2.05) is 36.6 Å². The fraction of sp³-hybridized carbons (Fsp3) is 0.300. The summed E-state index contributed by atoms with van der Waals surface area (Å²) < 4.78 is 0. The minimum atomic E-state index is -0.148. The van der Waals surface area contributed by atoms with Crippen molar-refractivity contribution in [2.24, 2.45) is 0 Å². The van der Waals surface area contributed by atoms with Crippen LogP contribution in [0.4, 0.5) is 10.5 Å². The lowest BCUT2D eigenvalue weighted by molar-refractivity contribution is 0.252. The summed E-state index contributed by atoms with van der Waals surface area (Å²) in [6.45, 7) is 0.694. The number of carbonyl (C=O) groups is 1. The second kappa shape index (κ2) is 6.32. The molecule has 2 amide bonds. The summed E-state index contributed by atoms with van der Waals surface area (Å²) in [6.07, 6.45) is 2.01. The number of benzene rings is 1. The first-order valence-corrected chi connectivity index (χ1v) is 5.81. The molecule has 0 aliphatic carbocycles. The van der Waals surface area contributed by atoms with Gasteiger partial charge in [-0.3, -0.25) is 0 Å². The van der Waals surface area contributed by atoms with Gasteiger partial charge in [-0.25, -0.2) is 4.79 Å². The Morgan fingerprint density at radius 2 is 2.07 bits per heavy atom. The molecule has 0 atom stereocenters. The second-order valence-electron chi connectivity index (χ2n) is 2.74. The Kier molecular flexibility index (Phi) is 4.93. The van der Waals surface area contributed by atoms with Crippen LogP contribution in [-0.2, 0) is 0 Å². The molecule has 0 spiro atoms. The highest BCUT2D eigenvalue weighted by Crippen LogP contribution is 2.03. The van der Waals surface area contributed by atoms with Crippen LogP contribution in [-0.4, -0.2) is 24.6 Å². The Morgan fingerprint density at radius 3 is 2.71 bits per heavy atom. The van der Waals surface area contributed by atoms with E-state index in [0.717, 1.165) is 11.4 Å². The lowest BCUT2D eigenvalue weighted by Gasteiger charge is -2.06. The van der Waals surface area contributed by atoms with Crippen molar-refractivity contribution in [3.63, 3.8) is 0 Å². The quantitative estimate of drug-likeness (QED) is 0.748. The minimum absolute atomic E-state index is 0.148. The van der Waals surface area contributed by atoms with Crippen molar-refractivity contribution in [1.82, 2.24) is 5.32 Å². The third-order valence-electron chi connectivity index (χ3n) is 1.62. The Balaban J connectivity index is 2.27. The van der Waals surface area contributed by atoms with Gasteiger partial charge in [-0.1, -0.05) is 18.2 Å². The average Bonchev–Trinajstić information content (AvgIpc) is 2.20. The SMILES string of the molecule is CSCCNC(=O)Nc1ccccc1. The van der Waals surface area contributed by atoms with Gasteiger partial charge < -0.3 is 10.6 Å². The molecule has 1 aromatic carbocycles. The highest BCUT2D eigenvalue weighted by atomic mass is 32.2. The molecule has 0 aliphatic heterocycles. The van der Waals surface area contributed by atoms with Gasteiger partial charge in [0.15, 0.2) is 0 Å². The van der Waals surface area contributed by atoms with Crippen LogP contribution >= 0.6 is 11.8 Å².